The Hall–Kier alpha value is -1.73. The number of nitrogens with zero attached hydrogens (tertiary/aromatic N) is 1. The van der Waals surface area contributed by atoms with Gasteiger partial charge in [-0.2, -0.15) is 0 Å². The number of nitrogens with one attached hydrogen (secondary N) is 2. The summed E-state index contributed by atoms with van der Waals surface area (Å²) >= 11 is 1.44. The first-order valence-corrected chi connectivity index (χ1v) is 7.39. The maximum Gasteiger partial charge on any atom is 0.327 e. The third-order valence-electron chi connectivity index (χ3n) is 2.99. The van der Waals surface area contributed by atoms with E-state index < -0.39 is 12.0 Å². The molecule has 108 valence electrons. The third kappa shape index (κ3) is 3.43. The molecule has 1 aromatic carbocycles. The molecule has 1 fully saturated rings. The van der Waals surface area contributed by atoms with Crippen LogP contribution < -0.4 is 10.6 Å². The van der Waals surface area contributed by atoms with Gasteiger partial charge >= 0.3 is 12.0 Å². The number of hydrogen-bond donors (Lipinski definition) is 3. The molecule has 0 spiro atoms. The van der Waals surface area contributed by atoms with E-state index in [-0.39, 0.29) is 6.03 Å². The first kappa shape index (κ1) is 14.7. The van der Waals surface area contributed by atoms with Crippen LogP contribution in [0.4, 0.5) is 10.5 Å². The minimum atomic E-state index is -0.964. The van der Waals surface area contributed by atoms with Crippen molar-refractivity contribution in [3.63, 3.8) is 0 Å². The molecule has 1 atom stereocenters. The summed E-state index contributed by atoms with van der Waals surface area (Å²) in [4.78, 5) is 24.5. The standard InChI is InChI=1S/C13H17N3O3S/c1-14-6-9-3-2-4-10(5-9)15-13(19)16-8-20-7-11(16)12(17)18/h2-5,11,14H,6-8H2,1H3,(H,15,19)(H,17,18). The molecule has 3 N–H and O–H groups in total. The van der Waals surface area contributed by atoms with E-state index in [4.69, 9.17) is 5.11 Å². The van der Waals surface area contributed by atoms with Crippen LogP contribution in [0.15, 0.2) is 24.3 Å². The van der Waals surface area contributed by atoms with Gasteiger partial charge in [-0.1, -0.05) is 12.1 Å². The molecule has 20 heavy (non-hydrogen) atoms. The van der Waals surface area contributed by atoms with E-state index in [1.165, 1.54) is 16.7 Å². The second-order valence-electron chi connectivity index (χ2n) is 4.48. The molecule has 1 unspecified atom stereocenters. The Bertz CT molecular complexity index is 509. The summed E-state index contributed by atoms with van der Waals surface area (Å²) in [6.45, 7) is 0.709. The first-order chi connectivity index (χ1) is 9.61. The molecule has 0 saturated carbocycles. The molecular weight excluding hydrogens is 278 g/mol. The highest BCUT2D eigenvalue weighted by atomic mass is 32.2. The fourth-order valence-corrected chi connectivity index (χ4v) is 3.15. The van der Waals surface area contributed by atoms with E-state index in [1.54, 1.807) is 6.07 Å². The molecule has 0 aliphatic carbocycles. The number of rotatable bonds is 4. The predicted octanol–water partition coefficient (Wildman–Crippen LogP) is 1.40. The van der Waals surface area contributed by atoms with Gasteiger partial charge in [0.05, 0.1) is 5.88 Å². The number of urea groups is 1. The summed E-state index contributed by atoms with van der Waals surface area (Å²) in [6, 6.07) is 6.35. The molecule has 1 aliphatic heterocycles. The lowest BCUT2D eigenvalue weighted by Crippen LogP contribution is -2.43. The summed E-state index contributed by atoms with van der Waals surface area (Å²) in [5.74, 6) is -0.129. The number of benzene rings is 1. The number of carboxylic acid groups (broad SMARTS) is 1. The quantitative estimate of drug-likeness (QED) is 0.782. The van der Waals surface area contributed by atoms with Crippen LogP contribution in [0, 0.1) is 0 Å². The highest BCUT2D eigenvalue weighted by Crippen LogP contribution is 2.22. The van der Waals surface area contributed by atoms with Crippen LogP contribution in [0.3, 0.4) is 0 Å². The molecule has 1 saturated heterocycles. The largest absolute Gasteiger partial charge is 0.480 e. The summed E-state index contributed by atoms with van der Waals surface area (Å²) < 4.78 is 0. The zero-order valence-electron chi connectivity index (χ0n) is 11.1. The van der Waals surface area contributed by atoms with Gasteiger partial charge in [-0.3, -0.25) is 0 Å². The van der Waals surface area contributed by atoms with Crippen molar-refractivity contribution in [1.82, 2.24) is 10.2 Å². The Morgan fingerprint density at radius 1 is 1.50 bits per heavy atom. The zero-order chi connectivity index (χ0) is 14.5. The van der Waals surface area contributed by atoms with Crippen molar-refractivity contribution in [3.8, 4) is 0 Å². The number of carboxylic acids is 1. The Morgan fingerprint density at radius 3 is 3.00 bits per heavy atom. The third-order valence-corrected chi connectivity index (χ3v) is 4.00. The normalized spacial score (nSPS) is 18.1. The van der Waals surface area contributed by atoms with Crippen LogP contribution in [0.2, 0.25) is 0 Å². The van der Waals surface area contributed by atoms with Gasteiger partial charge in [0.25, 0.3) is 0 Å². The zero-order valence-corrected chi connectivity index (χ0v) is 11.9. The fraction of sp³-hybridized carbons (Fsp3) is 0.385. The monoisotopic (exact) mass is 295 g/mol. The number of hydrogen-bond acceptors (Lipinski definition) is 4. The molecule has 7 heteroatoms. The summed E-state index contributed by atoms with van der Waals surface area (Å²) in [5, 5.41) is 14.9. The fourth-order valence-electron chi connectivity index (χ4n) is 2.01. The van der Waals surface area contributed by atoms with Crippen LogP contribution in [0.25, 0.3) is 0 Å². The average molecular weight is 295 g/mol. The van der Waals surface area contributed by atoms with Gasteiger partial charge < -0.3 is 20.6 Å². The van der Waals surface area contributed by atoms with Crippen molar-refractivity contribution >= 4 is 29.4 Å². The van der Waals surface area contributed by atoms with Gasteiger partial charge in [0.1, 0.15) is 6.04 Å². The van der Waals surface area contributed by atoms with Gasteiger partial charge in [0, 0.05) is 18.0 Å². The van der Waals surface area contributed by atoms with E-state index >= 15 is 0 Å². The molecule has 0 radical (unpaired) electrons. The van der Waals surface area contributed by atoms with Gasteiger partial charge in [0.2, 0.25) is 0 Å². The van der Waals surface area contributed by atoms with E-state index in [0.29, 0.717) is 23.9 Å². The molecule has 0 aromatic heterocycles. The molecule has 2 amide bonds. The Morgan fingerprint density at radius 2 is 2.30 bits per heavy atom. The van der Waals surface area contributed by atoms with E-state index in [1.807, 2.05) is 25.2 Å². The van der Waals surface area contributed by atoms with Gasteiger partial charge in [-0.15, -0.1) is 11.8 Å². The van der Waals surface area contributed by atoms with Crippen molar-refractivity contribution in [2.75, 3.05) is 24.0 Å². The van der Waals surface area contributed by atoms with Gasteiger partial charge in [-0.05, 0) is 24.7 Å². The lowest BCUT2D eigenvalue weighted by molar-refractivity contribution is -0.140. The predicted molar refractivity (Wildman–Crippen MR) is 78.8 cm³/mol. The maximum absolute atomic E-state index is 12.1. The molecule has 0 bridgehead atoms. The topological polar surface area (TPSA) is 81.7 Å². The number of aliphatic carboxylic acids is 1. The highest BCUT2D eigenvalue weighted by molar-refractivity contribution is 7.99. The molecular formula is C13H17N3O3S. The second-order valence-corrected chi connectivity index (χ2v) is 5.48. The number of anilines is 1. The molecule has 6 nitrogen and oxygen atoms in total. The number of carbonyl (C=O) groups is 2. The van der Waals surface area contributed by atoms with Crippen molar-refractivity contribution in [3.05, 3.63) is 29.8 Å². The van der Waals surface area contributed by atoms with Crippen LogP contribution in [0.5, 0.6) is 0 Å². The number of carbonyl (C=O) groups excluding carboxylic acids is 1. The van der Waals surface area contributed by atoms with Crippen molar-refractivity contribution in [2.45, 2.75) is 12.6 Å². The van der Waals surface area contributed by atoms with Crippen LogP contribution >= 0.6 is 11.8 Å². The first-order valence-electron chi connectivity index (χ1n) is 6.23. The maximum atomic E-state index is 12.1. The summed E-state index contributed by atoms with van der Waals surface area (Å²) in [7, 11) is 1.85. The Balaban J connectivity index is 2.04. The minimum absolute atomic E-state index is 0.371. The van der Waals surface area contributed by atoms with Crippen LogP contribution in [-0.2, 0) is 11.3 Å². The second kappa shape index (κ2) is 6.62. The van der Waals surface area contributed by atoms with E-state index in [0.717, 1.165) is 5.56 Å². The van der Waals surface area contributed by atoms with Crippen LogP contribution in [0.1, 0.15) is 5.56 Å². The van der Waals surface area contributed by atoms with Crippen LogP contribution in [-0.4, -0.2) is 46.7 Å². The Kier molecular flexibility index (Phi) is 4.86. The minimum Gasteiger partial charge on any atom is -0.480 e. The lowest BCUT2D eigenvalue weighted by atomic mass is 10.2. The highest BCUT2D eigenvalue weighted by Gasteiger charge is 2.34. The molecule has 2 rings (SSSR count). The molecule has 1 heterocycles. The Labute approximate surface area is 121 Å². The van der Waals surface area contributed by atoms with E-state index in [9.17, 15) is 9.59 Å². The SMILES string of the molecule is CNCc1cccc(NC(=O)N2CSCC2C(=O)O)c1. The number of thioether (sulfide) groups is 1. The van der Waals surface area contributed by atoms with Gasteiger partial charge in [-0.25, -0.2) is 9.59 Å². The van der Waals surface area contributed by atoms with Gasteiger partial charge in [0.15, 0.2) is 0 Å². The van der Waals surface area contributed by atoms with Crippen molar-refractivity contribution < 1.29 is 14.7 Å². The van der Waals surface area contributed by atoms with Crippen molar-refractivity contribution in [1.29, 1.82) is 0 Å². The average Bonchev–Trinajstić information content (AvgIpc) is 2.89. The molecule has 1 aromatic rings. The van der Waals surface area contributed by atoms with Crippen molar-refractivity contribution in [2.24, 2.45) is 0 Å². The summed E-state index contributed by atoms with van der Waals surface area (Å²) in [6.07, 6.45) is 0. The van der Waals surface area contributed by atoms with E-state index in [2.05, 4.69) is 10.6 Å². The molecule has 1 aliphatic rings. The summed E-state index contributed by atoms with van der Waals surface area (Å²) in [5.41, 5.74) is 1.72. The number of amides is 2. The lowest BCUT2D eigenvalue weighted by Gasteiger charge is -2.21. The smallest absolute Gasteiger partial charge is 0.327 e.